The summed E-state index contributed by atoms with van der Waals surface area (Å²) in [6, 6.07) is 9.54. The van der Waals surface area contributed by atoms with Crippen molar-refractivity contribution in [1.82, 2.24) is 18.9 Å². The molecule has 3 aromatic heterocycles. The van der Waals surface area contributed by atoms with Gasteiger partial charge in [-0.25, -0.2) is 9.37 Å². The normalized spacial score (nSPS) is 18.2. The second-order valence-electron chi connectivity index (χ2n) is 10.6. The van der Waals surface area contributed by atoms with Gasteiger partial charge in [0, 0.05) is 42.7 Å². The second kappa shape index (κ2) is 9.17. The average Bonchev–Trinajstić information content (AvgIpc) is 3.56. The summed E-state index contributed by atoms with van der Waals surface area (Å²) in [6.45, 7) is 6.00. The maximum Gasteiger partial charge on any atom is 0.254 e. The number of nitrogens with two attached hydrogens (primary N) is 1. The second-order valence-corrected chi connectivity index (χ2v) is 10.6. The molecular weight excluding hydrogens is 469 g/mol. The van der Waals surface area contributed by atoms with E-state index in [1.54, 1.807) is 13.2 Å². The first-order valence-electron chi connectivity index (χ1n) is 13.3. The van der Waals surface area contributed by atoms with Crippen LogP contribution in [-0.4, -0.2) is 51.0 Å². The van der Waals surface area contributed by atoms with Gasteiger partial charge in [-0.05, 0) is 62.6 Å². The van der Waals surface area contributed by atoms with Crippen LogP contribution in [0.15, 0.2) is 30.3 Å². The maximum atomic E-state index is 15.6. The lowest BCUT2D eigenvalue weighted by molar-refractivity contribution is 0.0708. The summed E-state index contributed by atoms with van der Waals surface area (Å²) >= 11 is 0. The Hall–Kier alpha value is -3.39. The Labute approximate surface area is 216 Å². The first kappa shape index (κ1) is 24.0. The number of halogens is 1. The summed E-state index contributed by atoms with van der Waals surface area (Å²) in [5.74, 6) is 0.905. The third-order valence-corrected chi connectivity index (χ3v) is 7.96. The Morgan fingerprint density at radius 3 is 2.73 bits per heavy atom. The van der Waals surface area contributed by atoms with Crippen LogP contribution in [0.3, 0.4) is 0 Å². The number of carbonyl (C=O) groups excluding carboxylic acids is 1. The number of aromatic nitrogens is 3. The lowest BCUT2D eigenvalue weighted by atomic mass is 10.1. The summed E-state index contributed by atoms with van der Waals surface area (Å²) in [6.07, 6.45) is 4.82. The predicted octanol–water partition coefficient (Wildman–Crippen LogP) is 4.95. The highest BCUT2D eigenvalue weighted by Gasteiger charge is 2.28. The molecule has 0 bridgehead atoms. The van der Waals surface area contributed by atoms with Crippen molar-refractivity contribution in [1.29, 1.82) is 0 Å². The van der Waals surface area contributed by atoms with Crippen molar-refractivity contribution in [3.8, 4) is 17.3 Å². The molecule has 4 aromatic rings. The number of hydrogen-bond acceptors (Lipinski definition) is 4. The molecule has 1 aliphatic carbocycles. The number of rotatable bonds is 6. The molecule has 8 heteroatoms. The predicted molar refractivity (Wildman–Crippen MR) is 143 cm³/mol. The number of piperidine rings is 1. The molecule has 1 atom stereocenters. The topological polar surface area (TPSA) is 77.8 Å². The van der Waals surface area contributed by atoms with E-state index < -0.39 is 0 Å². The standard InChI is InChI=1S/C29H34FN5O2/c1-4-19-9-10-20-12-23(34(15-18-7-8-18)28(20)26(19)30)27-17(2)35-24(32-27)13-21(14-25(35)37-3)29(36)33-11-5-6-22(31)16-33/h9-10,12-14,18,22H,4-8,11,15-16,31H2,1-3H3/t22-/m1/s1. The van der Waals surface area contributed by atoms with E-state index in [-0.39, 0.29) is 17.8 Å². The van der Waals surface area contributed by atoms with Gasteiger partial charge in [0.15, 0.2) is 11.7 Å². The Balaban J connectivity index is 1.50. The van der Waals surface area contributed by atoms with E-state index in [0.29, 0.717) is 48.0 Å². The minimum atomic E-state index is -0.140. The fourth-order valence-corrected chi connectivity index (χ4v) is 5.75. The minimum absolute atomic E-state index is 0.00519. The molecule has 2 N–H and O–H groups in total. The molecule has 0 spiro atoms. The number of imidazole rings is 1. The van der Waals surface area contributed by atoms with Crippen LogP contribution in [-0.2, 0) is 13.0 Å². The van der Waals surface area contributed by atoms with Crippen LogP contribution in [0.25, 0.3) is 27.9 Å². The molecule has 1 saturated carbocycles. The number of pyridine rings is 1. The van der Waals surface area contributed by atoms with Crippen molar-refractivity contribution in [2.45, 2.75) is 58.5 Å². The number of likely N-dealkylation sites (tertiary alicyclic amines) is 1. The summed E-state index contributed by atoms with van der Waals surface area (Å²) in [4.78, 5) is 20.2. The number of hydrogen-bond donors (Lipinski definition) is 1. The molecule has 1 aromatic carbocycles. The SMILES string of the molecule is CCc1ccc2cc(-c3nc4cc(C(=O)N5CCC[C@@H](N)C5)cc(OC)n4c3C)n(CC3CC3)c2c1F. The molecule has 1 saturated heterocycles. The Kier molecular flexibility index (Phi) is 5.94. The number of fused-ring (bicyclic) bond motifs is 2. The summed E-state index contributed by atoms with van der Waals surface area (Å²) in [7, 11) is 1.60. The average molecular weight is 504 g/mol. The van der Waals surface area contributed by atoms with Gasteiger partial charge >= 0.3 is 0 Å². The molecule has 37 heavy (non-hydrogen) atoms. The van der Waals surface area contributed by atoms with Crippen molar-refractivity contribution >= 4 is 22.5 Å². The highest BCUT2D eigenvalue weighted by atomic mass is 19.1. The molecule has 1 aliphatic heterocycles. The number of nitrogens with zero attached hydrogens (tertiary/aromatic N) is 4. The van der Waals surface area contributed by atoms with Gasteiger partial charge in [-0.3, -0.25) is 9.20 Å². The van der Waals surface area contributed by atoms with E-state index in [4.69, 9.17) is 15.5 Å². The lowest BCUT2D eigenvalue weighted by Gasteiger charge is -2.30. The smallest absolute Gasteiger partial charge is 0.254 e. The maximum absolute atomic E-state index is 15.6. The quantitative estimate of drug-likeness (QED) is 0.404. The fourth-order valence-electron chi connectivity index (χ4n) is 5.75. The zero-order chi connectivity index (χ0) is 25.8. The van der Waals surface area contributed by atoms with Crippen LogP contribution in [0, 0.1) is 18.7 Å². The number of carbonyl (C=O) groups is 1. The van der Waals surface area contributed by atoms with Crippen molar-refractivity contribution in [2.75, 3.05) is 20.2 Å². The van der Waals surface area contributed by atoms with Crippen LogP contribution in [0.1, 0.15) is 54.2 Å². The first-order chi connectivity index (χ1) is 17.9. The third kappa shape index (κ3) is 4.07. The molecule has 4 heterocycles. The van der Waals surface area contributed by atoms with E-state index in [1.165, 1.54) is 0 Å². The molecule has 0 radical (unpaired) electrons. The van der Waals surface area contributed by atoms with Crippen molar-refractivity contribution in [3.63, 3.8) is 0 Å². The molecule has 6 rings (SSSR count). The molecule has 2 aliphatic rings. The number of amides is 1. The van der Waals surface area contributed by atoms with Crippen LogP contribution >= 0.6 is 0 Å². The molecule has 1 amide bonds. The van der Waals surface area contributed by atoms with Gasteiger partial charge in [0.1, 0.15) is 11.3 Å². The highest BCUT2D eigenvalue weighted by molar-refractivity contribution is 5.96. The van der Waals surface area contributed by atoms with E-state index in [9.17, 15) is 4.79 Å². The van der Waals surface area contributed by atoms with E-state index in [2.05, 4.69) is 4.57 Å². The van der Waals surface area contributed by atoms with Crippen LogP contribution in [0.2, 0.25) is 0 Å². The zero-order valence-corrected chi connectivity index (χ0v) is 21.8. The van der Waals surface area contributed by atoms with E-state index in [1.807, 2.05) is 47.4 Å². The van der Waals surface area contributed by atoms with Crippen molar-refractivity contribution < 1.29 is 13.9 Å². The van der Waals surface area contributed by atoms with E-state index >= 15 is 4.39 Å². The zero-order valence-electron chi connectivity index (χ0n) is 21.8. The molecule has 0 unspecified atom stereocenters. The van der Waals surface area contributed by atoms with Crippen molar-refractivity contribution in [3.05, 3.63) is 53.0 Å². The number of benzene rings is 1. The van der Waals surface area contributed by atoms with Gasteiger partial charge < -0.3 is 19.9 Å². The minimum Gasteiger partial charge on any atom is -0.482 e. The van der Waals surface area contributed by atoms with Crippen molar-refractivity contribution in [2.24, 2.45) is 11.7 Å². The monoisotopic (exact) mass is 503 g/mol. The number of aryl methyl sites for hydroxylation is 2. The molecule has 194 valence electrons. The molecular formula is C29H34FN5O2. The first-order valence-corrected chi connectivity index (χ1v) is 13.3. The van der Waals surface area contributed by atoms with Crippen LogP contribution < -0.4 is 10.5 Å². The fraction of sp³-hybridized carbons (Fsp3) is 0.448. The summed E-state index contributed by atoms with van der Waals surface area (Å²) < 4.78 is 25.4. The Morgan fingerprint density at radius 2 is 2.03 bits per heavy atom. The van der Waals surface area contributed by atoms with Crippen LogP contribution in [0.5, 0.6) is 5.88 Å². The Morgan fingerprint density at radius 1 is 1.22 bits per heavy atom. The third-order valence-electron chi connectivity index (χ3n) is 7.96. The van der Waals surface area contributed by atoms with E-state index in [0.717, 1.165) is 60.3 Å². The van der Waals surface area contributed by atoms with Crippen LogP contribution in [0.4, 0.5) is 4.39 Å². The summed E-state index contributed by atoms with van der Waals surface area (Å²) in [5, 5.41) is 0.881. The lowest BCUT2D eigenvalue weighted by Crippen LogP contribution is -2.45. The van der Waals surface area contributed by atoms with Gasteiger partial charge in [0.2, 0.25) is 0 Å². The Bertz CT molecular complexity index is 1520. The summed E-state index contributed by atoms with van der Waals surface area (Å²) in [5.41, 5.74) is 11.2. The number of ether oxygens (including phenoxy) is 1. The van der Waals surface area contributed by atoms with Gasteiger partial charge in [0.25, 0.3) is 5.91 Å². The highest BCUT2D eigenvalue weighted by Crippen LogP contribution is 2.38. The molecule has 2 fully saturated rings. The van der Waals surface area contributed by atoms with Gasteiger partial charge in [0.05, 0.1) is 24.0 Å². The van der Waals surface area contributed by atoms with Gasteiger partial charge in [-0.1, -0.05) is 19.1 Å². The van der Waals surface area contributed by atoms with Gasteiger partial charge in [-0.15, -0.1) is 0 Å². The largest absolute Gasteiger partial charge is 0.482 e. The van der Waals surface area contributed by atoms with Gasteiger partial charge in [-0.2, -0.15) is 0 Å². The molecule has 7 nitrogen and oxygen atoms in total. The number of methoxy groups -OCH3 is 1.